The monoisotopic (exact) mass is 317 g/mol. The Bertz CT molecular complexity index is 568. The Kier molecular flexibility index (Phi) is 4.86. The fourth-order valence-corrected chi connectivity index (χ4v) is 5.46. The summed E-state index contributed by atoms with van der Waals surface area (Å²) in [7, 11) is 0.329. The minimum atomic E-state index is -3.39. The number of likely N-dealkylation sites (N-methyl/N-ethyl adjacent to an activating group) is 2. The third-order valence-electron chi connectivity index (χ3n) is 3.99. The Morgan fingerprint density at radius 3 is 2.75 bits per heavy atom. The average Bonchev–Trinajstić information content (AvgIpc) is 2.96. The van der Waals surface area contributed by atoms with Crippen molar-refractivity contribution in [3.63, 3.8) is 0 Å². The highest BCUT2D eigenvalue weighted by atomic mass is 32.2. The number of likely N-dealkylation sites (tertiary alicyclic amines) is 1. The smallest absolute Gasteiger partial charge is 0.252 e. The van der Waals surface area contributed by atoms with Gasteiger partial charge < -0.3 is 10.6 Å². The summed E-state index contributed by atoms with van der Waals surface area (Å²) in [6.07, 6.45) is 2.21. The van der Waals surface area contributed by atoms with E-state index in [9.17, 15) is 8.42 Å². The van der Waals surface area contributed by atoms with Gasteiger partial charge in [0.2, 0.25) is 0 Å². The number of thiophene rings is 1. The molecule has 1 aliphatic heterocycles. The van der Waals surface area contributed by atoms with Crippen LogP contribution in [-0.2, 0) is 16.6 Å². The van der Waals surface area contributed by atoms with Crippen molar-refractivity contribution in [2.24, 2.45) is 5.73 Å². The lowest BCUT2D eigenvalue weighted by Crippen LogP contribution is -2.39. The Hall–Kier alpha value is -0.470. The molecule has 1 atom stereocenters. The summed E-state index contributed by atoms with van der Waals surface area (Å²) in [6.45, 7) is 3.89. The minimum Gasteiger partial charge on any atom is -0.326 e. The predicted molar refractivity (Wildman–Crippen MR) is 82.4 cm³/mol. The van der Waals surface area contributed by atoms with Gasteiger partial charge in [-0.3, -0.25) is 0 Å². The molecule has 2 rings (SSSR count). The number of aryl methyl sites for hydroxylation is 1. The van der Waals surface area contributed by atoms with Crippen LogP contribution in [0.1, 0.15) is 23.3 Å². The molecule has 0 amide bonds. The van der Waals surface area contributed by atoms with E-state index in [1.54, 1.807) is 13.1 Å². The van der Waals surface area contributed by atoms with Crippen LogP contribution >= 0.6 is 11.3 Å². The molecule has 2 heterocycles. The highest BCUT2D eigenvalue weighted by Crippen LogP contribution is 2.28. The molecule has 1 aromatic heterocycles. The fraction of sp³-hybridized carbons (Fsp3) is 0.692. The van der Waals surface area contributed by atoms with Gasteiger partial charge in [-0.15, -0.1) is 11.3 Å². The van der Waals surface area contributed by atoms with Crippen LogP contribution in [0.2, 0.25) is 0 Å². The summed E-state index contributed by atoms with van der Waals surface area (Å²) in [5, 5.41) is 0. The standard InChI is InChI=1S/C13H23N3O2S2/c1-10-7-13(19-12(10)8-14)20(17,18)16(3)9-11-5-4-6-15(11)2/h7,11H,4-6,8-9,14H2,1-3H3. The summed E-state index contributed by atoms with van der Waals surface area (Å²) < 4.78 is 27.0. The molecular weight excluding hydrogens is 294 g/mol. The summed E-state index contributed by atoms with van der Waals surface area (Å²) in [5.41, 5.74) is 6.59. The Labute approximate surface area is 125 Å². The van der Waals surface area contributed by atoms with E-state index in [1.807, 2.05) is 6.92 Å². The van der Waals surface area contributed by atoms with Gasteiger partial charge in [-0.05, 0) is 45.0 Å². The molecule has 0 aliphatic carbocycles. The topological polar surface area (TPSA) is 66.6 Å². The van der Waals surface area contributed by atoms with Gasteiger partial charge in [-0.1, -0.05) is 0 Å². The van der Waals surface area contributed by atoms with E-state index in [1.165, 1.54) is 15.6 Å². The number of hydrogen-bond donors (Lipinski definition) is 1. The van der Waals surface area contributed by atoms with Crippen molar-refractivity contribution >= 4 is 21.4 Å². The van der Waals surface area contributed by atoms with Crippen LogP contribution in [0.5, 0.6) is 0 Å². The number of rotatable bonds is 5. The molecule has 114 valence electrons. The number of hydrogen-bond acceptors (Lipinski definition) is 5. The third-order valence-corrected chi connectivity index (χ3v) is 7.52. The molecule has 0 spiro atoms. The van der Waals surface area contributed by atoms with Crippen LogP contribution in [0.15, 0.2) is 10.3 Å². The lowest BCUT2D eigenvalue weighted by molar-refractivity contribution is 0.271. The highest BCUT2D eigenvalue weighted by Gasteiger charge is 2.29. The van der Waals surface area contributed by atoms with E-state index < -0.39 is 10.0 Å². The summed E-state index contributed by atoms with van der Waals surface area (Å²) in [5.74, 6) is 0. The van der Waals surface area contributed by atoms with Gasteiger partial charge >= 0.3 is 0 Å². The molecule has 2 N–H and O–H groups in total. The highest BCUT2D eigenvalue weighted by molar-refractivity contribution is 7.91. The second kappa shape index (κ2) is 6.11. The van der Waals surface area contributed by atoms with Gasteiger partial charge in [-0.2, -0.15) is 4.31 Å². The lowest BCUT2D eigenvalue weighted by Gasteiger charge is -2.24. The van der Waals surface area contributed by atoms with Crippen molar-refractivity contribution in [3.8, 4) is 0 Å². The van der Waals surface area contributed by atoms with E-state index in [-0.39, 0.29) is 0 Å². The molecule has 0 bridgehead atoms. The van der Waals surface area contributed by atoms with Gasteiger partial charge in [0.15, 0.2) is 0 Å². The second-order valence-corrected chi connectivity index (χ2v) is 8.85. The third kappa shape index (κ3) is 3.07. The van der Waals surface area contributed by atoms with Gasteiger partial charge in [0.25, 0.3) is 10.0 Å². The Morgan fingerprint density at radius 1 is 1.55 bits per heavy atom. The largest absolute Gasteiger partial charge is 0.326 e. The maximum Gasteiger partial charge on any atom is 0.252 e. The van der Waals surface area contributed by atoms with Gasteiger partial charge in [-0.25, -0.2) is 8.42 Å². The molecule has 20 heavy (non-hydrogen) atoms. The number of nitrogens with zero attached hydrogens (tertiary/aromatic N) is 2. The first-order valence-electron chi connectivity index (χ1n) is 6.82. The summed E-state index contributed by atoms with van der Waals surface area (Å²) in [4.78, 5) is 3.17. The Balaban J connectivity index is 2.16. The van der Waals surface area contributed by atoms with E-state index in [4.69, 9.17) is 5.73 Å². The van der Waals surface area contributed by atoms with Crippen molar-refractivity contribution in [1.29, 1.82) is 0 Å². The van der Waals surface area contributed by atoms with Crippen molar-refractivity contribution in [2.75, 3.05) is 27.2 Å². The van der Waals surface area contributed by atoms with Crippen molar-refractivity contribution in [3.05, 3.63) is 16.5 Å². The average molecular weight is 317 g/mol. The van der Waals surface area contributed by atoms with E-state index >= 15 is 0 Å². The van der Waals surface area contributed by atoms with Crippen molar-refractivity contribution in [2.45, 2.75) is 36.6 Å². The molecule has 0 aromatic carbocycles. The molecule has 1 fully saturated rings. The minimum absolute atomic E-state index is 0.324. The number of nitrogens with two attached hydrogens (primary N) is 1. The zero-order chi connectivity index (χ0) is 14.9. The van der Waals surface area contributed by atoms with Crippen LogP contribution in [0.25, 0.3) is 0 Å². The molecule has 7 heteroatoms. The molecule has 1 aromatic rings. The summed E-state index contributed by atoms with van der Waals surface area (Å²) >= 11 is 1.29. The molecule has 1 saturated heterocycles. The predicted octanol–water partition coefficient (Wildman–Crippen LogP) is 1.23. The first-order chi connectivity index (χ1) is 9.36. The quantitative estimate of drug-likeness (QED) is 0.887. The van der Waals surface area contributed by atoms with Crippen LogP contribution in [-0.4, -0.2) is 50.8 Å². The molecule has 5 nitrogen and oxygen atoms in total. The maximum atomic E-state index is 12.6. The van der Waals surface area contributed by atoms with Crippen LogP contribution < -0.4 is 5.73 Å². The lowest BCUT2D eigenvalue weighted by atomic mass is 10.2. The molecule has 1 aliphatic rings. The zero-order valence-corrected chi connectivity index (χ0v) is 13.9. The van der Waals surface area contributed by atoms with Gasteiger partial charge in [0, 0.05) is 31.1 Å². The van der Waals surface area contributed by atoms with Crippen LogP contribution in [0, 0.1) is 6.92 Å². The fourth-order valence-electron chi connectivity index (χ4n) is 2.58. The molecule has 0 saturated carbocycles. The molecule has 1 unspecified atom stereocenters. The van der Waals surface area contributed by atoms with E-state index in [0.29, 0.717) is 23.3 Å². The van der Waals surface area contributed by atoms with E-state index in [0.717, 1.165) is 29.8 Å². The van der Waals surface area contributed by atoms with Crippen molar-refractivity contribution < 1.29 is 8.42 Å². The first kappa shape index (κ1) is 15.9. The number of sulfonamides is 1. The van der Waals surface area contributed by atoms with Crippen LogP contribution in [0.4, 0.5) is 0 Å². The second-order valence-electron chi connectivity index (χ2n) is 5.44. The van der Waals surface area contributed by atoms with E-state index in [2.05, 4.69) is 11.9 Å². The van der Waals surface area contributed by atoms with Gasteiger partial charge in [0.1, 0.15) is 4.21 Å². The normalized spacial score (nSPS) is 20.9. The van der Waals surface area contributed by atoms with Crippen molar-refractivity contribution in [1.82, 2.24) is 9.21 Å². The first-order valence-corrected chi connectivity index (χ1v) is 9.08. The molecular formula is C13H23N3O2S2. The molecule has 0 radical (unpaired) electrons. The Morgan fingerprint density at radius 2 is 2.25 bits per heavy atom. The zero-order valence-electron chi connectivity index (χ0n) is 12.3. The summed E-state index contributed by atoms with van der Waals surface area (Å²) in [6, 6.07) is 2.06. The van der Waals surface area contributed by atoms with Crippen LogP contribution in [0.3, 0.4) is 0 Å². The SMILES string of the molecule is Cc1cc(S(=O)(=O)N(C)CC2CCCN2C)sc1CN. The van der Waals surface area contributed by atoms with Gasteiger partial charge in [0.05, 0.1) is 0 Å². The maximum absolute atomic E-state index is 12.6.